The molecule has 0 saturated carbocycles. The number of rotatable bonds is 5. The van der Waals surface area contributed by atoms with Crippen LogP contribution in [0.3, 0.4) is 0 Å². The molecular weight excluding hydrogens is 396 g/mol. The molecule has 2 amide bonds. The normalized spacial score (nSPS) is 15.4. The molecule has 5 heteroatoms. The summed E-state index contributed by atoms with van der Waals surface area (Å²) in [5.41, 5.74) is 2.95. The maximum absolute atomic E-state index is 13.1. The zero-order chi connectivity index (χ0) is 21.0. The van der Waals surface area contributed by atoms with Gasteiger partial charge in [0.25, 0.3) is 5.91 Å². The Morgan fingerprint density at radius 3 is 2.10 bits per heavy atom. The van der Waals surface area contributed by atoms with Gasteiger partial charge >= 0.3 is 0 Å². The summed E-state index contributed by atoms with van der Waals surface area (Å²) in [6.45, 7) is 7.33. The Labute approximate surface area is 185 Å². The minimum Gasteiger partial charge on any atom is -0.341 e. The maximum atomic E-state index is 13.1. The summed E-state index contributed by atoms with van der Waals surface area (Å²) in [5, 5.41) is 3.69. The van der Waals surface area contributed by atoms with Crippen molar-refractivity contribution in [1.29, 1.82) is 0 Å². The van der Waals surface area contributed by atoms with Gasteiger partial charge < -0.3 is 10.2 Å². The van der Waals surface area contributed by atoms with Crippen LogP contribution in [0.5, 0.6) is 0 Å². The molecular formula is C25H33ClN2O2. The lowest BCUT2D eigenvalue weighted by atomic mass is 9.89. The Morgan fingerprint density at radius 2 is 1.57 bits per heavy atom. The van der Waals surface area contributed by atoms with E-state index in [1.807, 2.05) is 49.9 Å². The smallest absolute Gasteiger partial charge is 0.251 e. The van der Waals surface area contributed by atoms with E-state index >= 15 is 0 Å². The quantitative estimate of drug-likeness (QED) is 0.688. The summed E-state index contributed by atoms with van der Waals surface area (Å²) in [6, 6.07) is 14.9. The highest BCUT2D eigenvalue weighted by Crippen LogP contribution is 2.29. The number of carbonyl (C=O) groups excluding carboxylic acids is 2. The van der Waals surface area contributed by atoms with Crippen molar-refractivity contribution in [2.75, 3.05) is 13.1 Å². The molecule has 0 unspecified atom stereocenters. The first-order valence-electron chi connectivity index (χ1n) is 10.3. The lowest BCUT2D eigenvalue weighted by Gasteiger charge is -2.35. The Hall–Kier alpha value is -2.33. The molecule has 1 saturated heterocycles. The highest BCUT2D eigenvalue weighted by atomic mass is 35.5. The summed E-state index contributed by atoms with van der Waals surface area (Å²) < 4.78 is 0. The second-order valence-corrected chi connectivity index (χ2v) is 8.65. The van der Waals surface area contributed by atoms with Gasteiger partial charge in [0.15, 0.2) is 0 Å². The average Bonchev–Trinajstić information content (AvgIpc) is 2.72. The van der Waals surface area contributed by atoms with E-state index in [0.29, 0.717) is 24.6 Å². The van der Waals surface area contributed by atoms with E-state index in [0.717, 1.165) is 23.4 Å². The molecule has 0 bridgehead atoms. The Balaban J connectivity index is 0.00000320. The number of likely N-dealkylation sites (tertiary alicyclic amines) is 1. The summed E-state index contributed by atoms with van der Waals surface area (Å²) in [4.78, 5) is 27.7. The number of hydrogen-bond acceptors (Lipinski definition) is 2. The molecule has 1 aliphatic heterocycles. The number of halogens is 1. The van der Waals surface area contributed by atoms with Gasteiger partial charge in [0.05, 0.1) is 0 Å². The van der Waals surface area contributed by atoms with Gasteiger partial charge in [-0.05, 0) is 61.4 Å². The van der Waals surface area contributed by atoms with Crippen LogP contribution in [0.4, 0.5) is 0 Å². The Kier molecular flexibility index (Phi) is 8.48. The van der Waals surface area contributed by atoms with Gasteiger partial charge in [-0.2, -0.15) is 0 Å². The predicted molar refractivity (Wildman–Crippen MR) is 124 cm³/mol. The Morgan fingerprint density at radius 1 is 1.00 bits per heavy atom. The van der Waals surface area contributed by atoms with Crippen molar-refractivity contribution < 1.29 is 9.59 Å². The second kappa shape index (κ2) is 10.6. The van der Waals surface area contributed by atoms with Crippen molar-refractivity contribution in [2.24, 2.45) is 5.92 Å². The van der Waals surface area contributed by atoms with Crippen LogP contribution < -0.4 is 5.32 Å². The molecule has 162 valence electrons. The van der Waals surface area contributed by atoms with E-state index in [2.05, 4.69) is 17.4 Å². The monoisotopic (exact) mass is 428 g/mol. The number of carbonyl (C=O) groups is 2. The van der Waals surface area contributed by atoms with Gasteiger partial charge in [0, 0.05) is 23.7 Å². The van der Waals surface area contributed by atoms with E-state index in [1.165, 1.54) is 5.56 Å². The van der Waals surface area contributed by atoms with Crippen LogP contribution in [0.25, 0.3) is 0 Å². The van der Waals surface area contributed by atoms with Crippen LogP contribution >= 0.6 is 11.6 Å². The summed E-state index contributed by atoms with van der Waals surface area (Å²) in [6.07, 6.45) is 1.84. The fourth-order valence-electron chi connectivity index (χ4n) is 3.81. The third-order valence-corrected chi connectivity index (χ3v) is 5.93. The van der Waals surface area contributed by atoms with Crippen LogP contribution in [0.15, 0.2) is 48.5 Å². The first kappa shape index (κ1) is 23.9. The third-order valence-electron chi connectivity index (χ3n) is 5.68. The van der Waals surface area contributed by atoms with E-state index in [4.69, 9.17) is 11.6 Å². The zero-order valence-electron chi connectivity index (χ0n) is 17.3. The van der Waals surface area contributed by atoms with E-state index in [-0.39, 0.29) is 25.2 Å². The van der Waals surface area contributed by atoms with Crippen LogP contribution in [0.1, 0.15) is 61.5 Å². The van der Waals surface area contributed by atoms with Crippen LogP contribution in [0.2, 0.25) is 5.02 Å². The topological polar surface area (TPSA) is 49.4 Å². The van der Waals surface area contributed by atoms with Gasteiger partial charge in [0.1, 0.15) is 6.04 Å². The molecule has 2 aromatic carbocycles. The number of piperidine rings is 1. The fraction of sp³-hybridized carbons (Fsp3) is 0.440. The van der Waals surface area contributed by atoms with Crippen molar-refractivity contribution >= 4 is 23.4 Å². The van der Waals surface area contributed by atoms with Gasteiger partial charge in [-0.3, -0.25) is 9.59 Å². The number of nitrogens with zero attached hydrogens (tertiary/aromatic N) is 1. The molecule has 30 heavy (non-hydrogen) atoms. The number of aryl methyl sites for hydroxylation is 1. The van der Waals surface area contributed by atoms with Gasteiger partial charge in [-0.15, -0.1) is 0 Å². The fourth-order valence-corrected chi connectivity index (χ4v) is 3.93. The molecule has 0 aliphatic carbocycles. The lowest BCUT2D eigenvalue weighted by molar-refractivity contribution is -0.135. The first-order valence-corrected chi connectivity index (χ1v) is 10.6. The molecule has 1 atom stereocenters. The van der Waals surface area contributed by atoms with Gasteiger partial charge in [-0.1, -0.05) is 62.7 Å². The molecule has 0 radical (unpaired) electrons. The molecule has 3 rings (SSSR count). The minimum atomic E-state index is -0.518. The van der Waals surface area contributed by atoms with Crippen LogP contribution in [0, 0.1) is 12.8 Å². The number of nitrogens with one attached hydrogen (secondary N) is 1. The summed E-state index contributed by atoms with van der Waals surface area (Å²) in [7, 11) is 0. The van der Waals surface area contributed by atoms with Crippen LogP contribution in [-0.4, -0.2) is 35.8 Å². The van der Waals surface area contributed by atoms with Crippen molar-refractivity contribution in [3.05, 3.63) is 70.2 Å². The molecule has 1 N–H and O–H groups in total. The predicted octanol–water partition coefficient (Wildman–Crippen LogP) is 5.45. The standard InChI is InChI=1S/C24H29ClN2O2.CH4/c1-16(2)22(26-23(28)20-6-4-17(3)5-7-20)24(29)27-14-12-19(13-15-27)18-8-10-21(25)11-9-18;/h4-11,16,19,22H,12-15H2,1-3H3,(H,26,28);1H4/t22-;/m1./s1. The number of hydrogen-bond donors (Lipinski definition) is 1. The summed E-state index contributed by atoms with van der Waals surface area (Å²) in [5.74, 6) is 0.268. The molecule has 4 nitrogen and oxygen atoms in total. The van der Waals surface area contributed by atoms with Gasteiger partial charge in [0.2, 0.25) is 5.91 Å². The zero-order valence-corrected chi connectivity index (χ0v) is 18.1. The highest BCUT2D eigenvalue weighted by Gasteiger charge is 2.31. The molecule has 0 spiro atoms. The maximum Gasteiger partial charge on any atom is 0.251 e. The molecule has 2 aromatic rings. The average molecular weight is 429 g/mol. The van der Waals surface area contributed by atoms with Crippen molar-refractivity contribution in [2.45, 2.75) is 53.0 Å². The molecule has 1 heterocycles. The van der Waals surface area contributed by atoms with Gasteiger partial charge in [-0.25, -0.2) is 0 Å². The molecule has 1 fully saturated rings. The Bertz CT molecular complexity index is 838. The second-order valence-electron chi connectivity index (χ2n) is 8.21. The minimum absolute atomic E-state index is 0. The lowest BCUT2D eigenvalue weighted by Crippen LogP contribution is -2.52. The SMILES string of the molecule is C.Cc1ccc(C(=O)N[C@@H](C(=O)N2CCC(c3ccc(Cl)cc3)CC2)C(C)C)cc1. The number of amides is 2. The van der Waals surface area contributed by atoms with E-state index in [1.54, 1.807) is 12.1 Å². The van der Waals surface area contributed by atoms with Crippen molar-refractivity contribution in [1.82, 2.24) is 10.2 Å². The third kappa shape index (κ3) is 5.85. The largest absolute Gasteiger partial charge is 0.341 e. The van der Waals surface area contributed by atoms with E-state index < -0.39 is 6.04 Å². The molecule has 1 aliphatic rings. The number of benzene rings is 2. The first-order chi connectivity index (χ1) is 13.8. The van der Waals surface area contributed by atoms with Crippen molar-refractivity contribution in [3.63, 3.8) is 0 Å². The molecule has 0 aromatic heterocycles. The van der Waals surface area contributed by atoms with E-state index in [9.17, 15) is 9.59 Å². The van der Waals surface area contributed by atoms with Crippen molar-refractivity contribution in [3.8, 4) is 0 Å². The highest BCUT2D eigenvalue weighted by molar-refractivity contribution is 6.30. The van der Waals surface area contributed by atoms with Crippen LogP contribution in [-0.2, 0) is 4.79 Å². The summed E-state index contributed by atoms with van der Waals surface area (Å²) >= 11 is 5.99.